The fraction of sp³-hybridized carbons (Fsp3) is 0.348. The Morgan fingerprint density at radius 2 is 2.09 bits per heavy atom. The number of H-pyrrole nitrogens is 1. The highest BCUT2D eigenvalue weighted by Gasteiger charge is 2.26. The van der Waals surface area contributed by atoms with Gasteiger partial charge in [0.15, 0.2) is 4.77 Å². The van der Waals surface area contributed by atoms with Gasteiger partial charge in [-0.1, -0.05) is 6.08 Å². The van der Waals surface area contributed by atoms with Crippen molar-refractivity contribution in [3.05, 3.63) is 75.2 Å². The molecule has 0 saturated carbocycles. The number of aryl methyl sites for hydroxylation is 1. The molecular weight excluding hydrogens is 428 g/mol. The lowest BCUT2D eigenvalue weighted by atomic mass is 10.1. The predicted molar refractivity (Wildman–Crippen MR) is 125 cm³/mol. The minimum absolute atomic E-state index is 0.0890. The zero-order valence-corrected chi connectivity index (χ0v) is 18.7. The standard InChI is InChI=1S/C23H26N4O4S/c1-3-8-27-22(29)17-6-5-16(13-18(17)25-23(27)32)21(28)24-14-19(20-7-4-15(2)31-20)26-9-11-30-12-10-26/h3-7,13,19H,1,8-12,14H2,2H3,(H,24,28)(H,25,32). The quantitative estimate of drug-likeness (QED) is 0.421. The maximum Gasteiger partial charge on any atom is 0.262 e. The molecular formula is C23H26N4O4S. The van der Waals surface area contributed by atoms with E-state index in [1.165, 1.54) is 4.57 Å². The second-order valence-electron chi connectivity index (χ2n) is 7.72. The Labute approximate surface area is 190 Å². The summed E-state index contributed by atoms with van der Waals surface area (Å²) in [5.74, 6) is 1.41. The number of ether oxygens (including phenoxy) is 1. The number of nitrogens with zero attached hydrogens (tertiary/aromatic N) is 2. The maximum absolute atomic E-state index is 12.9. The molecule has 1 amide bonds. The van der Waals surface area contributed by atoms with Gasteiger partial charge in [-0.2, -0.15) is 0 Å². The van der Waals surface area contributed by atoms with Gasteiger partial charge in [0.1, 0.15) is 11.5 Å². The van der Waals surface area contributed by atoms with Crippen molar-refractivity contribution >= 4 is 29.0 Å². The summed E-state index contributed by atoms with van der Waals surface area (Å²) in [5, 5.41) is 3.48. The summed E-state index contributed by atoms with van der Waals surface area (Å²) in [5.41, 5.74) is 0.760. The fourth-order valence-electron chi connectivity index (χ4n) is 3.91. The zero-order chi connectivity index (χ0) is 22.7. The second-order valence-corrected chi connectivity index (χ2v) is 8.10. The molecule has 32 heavy (non-hydrogen) atoms. The molecule has 1 atom stereocenters. The van der Waals surface area contributed by atoms with Crippen LogP contribution in [0.15, 0.2) is 52.2 Å². The largest absolute Gasteiger partial charge is 0.465 e. The van der Waals surface area contributed by atoms with E-state index in [9.17, 15) is 9.59 Å². The third-order valence-electron chi connectivity index (χ3n) is 5.59. The van der Waals surface area contributed by atoms with Crippen LogP contribution in [-0.2, 0) is 11.3 Å². The molecule has 0 bridgehead atoms. The number of furan rings is 1. The highest BCUT2D eigenvalue weighted by molar-refractivity contribution is 7.71. The number of fused-ring (bicyclic) bond motifs is 1. The second kappa shape index (κ2) is 9.64. The first kappa shape index (κ1) is 22.2. The summed E-state index contributed by atoms with van der Waals surface area (Å²) < 4.78 is 13.0. The smallest absolute Gasteiger partial charge is 0.262 e. The lowest BCUT2D eigenvalue weighted by Crippen LogP contribution is -2.43. The molecule has 1 aliphatic heterocycles. The molecule has 2 aromatic heterocycles. The van der Waals surface area contributed by atoms with Gasteiger partial charge in [0.25, 0.3) is 11.5 Å². The SMILES string of the molecule is C=CCn1c(=S)[nH]c2cc(C(=O)NCC(c3ccc(C)o3)N3CCOCC3)ccc2c1=O. The van der Waals surface area contributed by atoms with E-state index in [-0.39, 0.29) is 17.5 Å². The molecule has 168 valence electrons. The third-order valence-corrected chi connectivity index (χ3v) is 5.91. The number of benzene rings is 1. The van der Waals surface area contributed by atoms with Crippen LogP contribution in [0.2, 0.25) is 0 Å². The summed E-state index contributed by atoms with van der Waals surface area (Å²) in [7, 11) is 0. The average molecular weight is 455 g/mol. The summed E-state index contributed by atoms with van der Waals surface area (Å²) in [6.45, 7) is 9.11. The molecule has 1 saturated heterocycles. The van der Waals surface area contributed by atoms with Gasteiger partial charge < -0.3 is 19.5 Å². The molecule has 3 aromatic rings. The zero-order valence-electron chi connectivity index (χ0n) is 17.9. The van der Waals surface area contributed by atoms with Crippen LogP contribution < -0.4 is 10.9 Å². The summed E-state index contributed by atoms with van der Waals surface area (Å²) >= 11 is 5.29. The monoisotopic (exact) mass is 454 g/mol. The Morgan fingerprint density at radius 1 is 1.31 bits per heavy atom. The number of nitrogens with one attached hydrogen (secondary N) is 2. The number of carbonyl (C=O) groups excluding carboxylic acids is 1. The number of allylic oxidation sites excluding steroid dienone is 1. The van der Waals surface area contributed by atoms with Crippen LogP contribution in [0.4, 0.5) is 0 Å². The highest BCUT2D eigenvalue weighted by atomic mass is 32.1. The number of hydrogen-bond acceptors (Lipinski definition) is 6. The predicted octanol–water partition coefficient (Wildman–Crippen LogP) is 2.95. The van der Waals surface area contributed by atoms with Crippen LogP contribution in [0.3, 0.4) is 0 Å². The van der Waals surface area contributed by atoms with Crippen molar-refractivity contribution < 1.29 is 13.9 Å². The van der Waals surface area contributed by atoms with Crippen LogP contribution in [0.1, 0.15) is 27.9 Å². The van der Waals surface area contributed by atoms with Gasteiger partial charge in [0.05, 0.1) is 30.2 Å². The summed E-state index contributed by atoms with van der Waals surface area (Å²) in [4.78, 5) is 30.9. The molecule has 8 nitrogen and oxygen atoms in total. The van der Waals surface area contributed by atoms with Crippen molar-refractivity contribution in [2.24, 2.45) is 0 Å². The molecule has 1 aliphatic rings. The normalized spacial score (nSPS) is 15.5. The number of aromatic nitrogens is 2. The molecule has 1 fully saturated rings. The molecule has 4 rings (SSSR count). The molecule has 2 N–H and O–H groups in total. The van der Waals surface area contributed by atoms with E-state index in [0.29, 0.717) is 47.5 Å². The van der Waals surface area contributed by atoms with E-state index < -0.39 is 0 Å². The Hall–Kier alpha value is -3.01. The first-order valence-electron chi connectivity index (χ1n) is 10.5. The van der Waals surface area contributed by atoms with Crippen molar-refractivity contribution in [2.75, 3.05) is 32.8 Å². The maximum atomic E-state index is 12.9. The van der Waals surface area contributed by atoms with Gasteiger partial charge in [0, 0.05) is 31.7 Å². The first-order chi connectivity index (χ1) is 15.5. The van der Waals surface area contributed by atoms with Crippen molar-refractivity contribution in [1.29, 1.82) is 0 Å². The van der Waals surface area contributed by atoms with E-state index in [2.05, 4.69) is 21.8 Å². The summed E-state index contributed by atoms with van der Waals surface area (Å²) in [6.07, 6.45) is 1.62. The minimum atomic E-state index is -0.233. The number of carbonyl (C=O) groups is 1. The lowest BCUT2D eigenvalue weighted by Gasteiger charge is -2.33. The molecule has 3 heterocycles. The van der Waals surface area contributed by atoms with Crippen LogP contribution in [0.25, 0.3) is 10.9 Å². The van der Waals surface area contributed by atoms with Gasteiger partial charge in [-0.05, 0) is 49.5 Å². The van der Waals surface area contributed by atoms with Gasteiger partial charge in [0.2, 0.25) is 0 Å². The number of amides is 1. The molecule has 1 aromatic carbocycles. The number of rotatable bonds is 7. The Morgan fingerprint density at radius 3 is 2.78 bits per heavy atom. The molecule has 0 radical (unpaired) electrons. The topological polar surface area (TPSA) is 92.5 Å². The van der Waals surface area contributed by atoms with Gasteiger partial charge in [-0.25, -0.2) is 0 Å². The Kier molecular flexibility index (Phi) is 6.69. The molecule has 9 heteroatoms. The van der Waals surface area contributed by atoms with Crippen molar-refractivity contribution in [1.82, 2.24) is 19.8 Å². The van der Waals surface area contributed by atoms with Gasteiger partial charge in [-0.3, -0.25) is 19.1 Å². The van der Waals surface area contributed by atoms with E-state index in [1.807, 2.05) is 19.1 Å². The van der Waals surface area contributed by atoms with Crippen LogP contribution >= 0.6 is 12.2 Å². The van der Waals surface area contributed by atoms with Crippen molar-refractivity contribution in [3.8, 4) is 0 Å². The van der Waals surface area contributed by atoms with Crippen LogP contribution in [-0.4, -0.2) is 53.2 Å². The third kappa shape index (κ3) is 4.59. The van der Waals surface area contributed by atoms with E-state index in [1.54, 1.807) is 24.3 Å². The number of hydrogen-bond donors (Lipinski definition) is 2. The Bertz CT molecular complexity index is 1250. The average Bonchev–Trinajstić information content (AvgIpc) is 3.23. The minimum Gasteiger partial charge on any atom is -0.465 e. The first-order valence-corrected chi connectivity index (χ1v) is 10.9. The van der Waals surface area contributed by atoms with Crippen LogP contribution in [0, 0.1) is 11.7 Å². The summed E-state index contributed by atoms with van der Waals surface area (Å²) in [6, 6.07) is 8.73. The van der Waals surface area contributed by atoms with Crippen molar-refractivity contribution in [3.63, 3.8) is 0 Å². The van der Waals surface area contributed by atoms with Crippen LogP contribution in [0.5, 0.6) is 0 Å². The molecule has 0 aliphatic carbocycles. The van der Waals surface area contributed by atoms with E-state index in [0.717, 1.165) is 24.6 Å². The van der Waals surface area contributed by atoms with Gasteiger partial charge in [-0.15, -0.1) is 6.58 Å². The molecule has 0 spiro atoms. The highest BCUT2D eigenvalue weighted by Crippen LogP contribution is 2.23. The fourth-order valence-corrected chi connectivity index (χ4v) is 4.18. The number of morpholine rings is 1. The molecule has 1 unspecified atom stereocenters. The van der Waals surface area contributed by atoms with E-state index >= 15 is 0 Å². The Balaban J connectivity index is 1.55. The van der Waals surface area contributed by atoms with Gasteiger partial charge >= 0.3 is 0 Å². The van der Waals surface area contributed by atoms with Crippen molar-refractivity contribution in [2.45, 2.75) is 19.5 Å². The van der Waals surface area contributed by atoms with E-state index in [4.69, 9.17) is 21.4 Å². The lowest BCUT2D eigenvalue weighted by molar-refractivity contribution is 0.0117. The number of aromatic amines is 1.